The molecule has 4 heteroatoms. The minimum absolute atomic E-state index is 0.723. The molecule has 0 aromatic carbocycles. The largest absolute Gasteiger partial charge is 0.361 e. The van der Waals surface area contributed by atoms with E-state index in [-0.39, 0.29) is 0 Å². The molecular weight excluding hydrogens is 178 g/mol. The van der Waals surface area contributed by atoms with Crippen molar-refractivity contribution in [1.82, 2.24) is 15.4 Å². The summed E-state index contributed by atoms with van der Waals surface area (Å²) >= 11 is 0. The van der Waals surface area contributed by atoms with E-state index in [1.165, 1.54) is 0 Å². The lowest BCUT2D eigenvalue weighted by Crippen LogP contribution is -1.84. The summed E-state index contributed by atoms with van der Waals surface area (Å²) in [5.41, 5.74) is 1.45. The Hall–Kier alpha value is -1.71. The number of aryl methyl sites for hydroxylation is 1. The number of nitrogens with zero attached hydrogens (tertiary/aromatic N) is 3. The van der Waals surface area contributed by atoms with Gasteiger partial charge in [0.25, 0.3) is 0 Å². The molecule has 0 aliphatic carbocycles. The first-order valence-corrected chi connectivity index (χ1v) is 4.57. The van der Waals surface area contributed by atoms with E-state index in [0.29, 0.717) is 0 Å². The fourth-order valence-corrected chi connectivity index (χ4v) is 0.925. The summed E-state index contributed by atoms with van der Waals surface area (Å²) in [5, 5.41) is 11.4. The SMILES string of the molecule is CC.Cc1cc(-c2cccnn2)no1. The Balaban J connectivity index is 0.000000461. The minimum atomic E-state index is 0.723. The van der Waals surface area contributed by atoms with Crippen molar-refractivity contribution < 1.29 is 4.52 Å². The van der Waals surface area contributed by atoms with Crippen LogP contribution in [0.3, 0.4) is 0 Å². The summed E-state index contributed by atoms with van der Waals surface area (Å²) in [7, 11) is 0. The van der Waals surface area contributed by atoms with Gasteiger partial charge in [0.15, 0.2) is 0 Å². The van der Waals surface area contributed by atoms with E-state index in [9.17, 15) is 0 Å². The predicted molar refractivity (Wildman–Crippen MR) is 53.6 cm³/mol. The van der Waals surface area contributed by atoms with Gasteiger partial charge < -0.3 is 4.52 Å². The van der Waals surface area contributed by atoms with Crippen molar-refractivity contribution >= 4 is 0 Å². The maximum atomic E-state index is 4.90. The second-order valence-electron chi connectivity index (χ2n) is 2.43. The quantitative estimate of drug-likeness (QED) is 0.694. The van der Waals surface area contributed by atoms with Gasteiger partial charge in [0.2, 0.25) is 0 Å². The first-order chi connectivity index (χ1) is 6.86. The zero-order valence-corrected chi connectivity index (χ0v) is 8.56. The van der Waals surface area contributed by atoms with Crippen LogP contribution in [0.4, 0.5) is 0 Å². The zero-order chi connectivity index (χ0) is 10.4. The molecule has 0 saturated carbocycles. The topological polar surface area (TPSA) is 51.8 Å². The number of rotatable bonds is 1. The van der Waals surface area contributed by atoms with E-state index in [4.69, 9.17) is 4.52 Å². The molecule has 0 N–H and O–H groups in total. The molecule has 0 saturated heterocycles. The van der Waals surface area contributed by atoms with Gasteiger partial charge in [0.05, 0.1) is 0 Å². The van der Waals surface area contributed by atoms with Crippen molar-refractivity contribution in [2.24, 2.45) is 0 Å². The van der Waals surface area contributed by atoms with Crippen molar-refractivity contribution in [3.63, 3.8) is 0 Å². The van der Waals surface area contributed by atoms with Crippen molar-refractivity contribution in [2.45, 2.75) is 20.8 Å². The van der Waals surface area contributed by atoms with Crippen LogP contribution in [-0.4, -0.2) is 15.4 Å². The van der Waals surface area contributed by atoms with Gasteiger partial charge in [-0.3, -0.25) is 0 Å². The van der Waals surface area contributed by atoms with Crippen molar-refractivity contribution in [3.05, 3.63) is 30.2 Å². The fourth-order valence-electron chi connectivity index (χ4n) is 0.925. The molecule has 0 fully saturated rings. The molecule has 2 aromatic heterocycles. The molecule has 0 unspecified atom stereocenters. The first kappa shape index (κ1) is 10.4. The molecule has 2 heterocycles. The summed E-state index contributed by atoms with van der Waals surface area (Å²) in [6.07, 6.45) is 1.62. The third-order valence-corrected chi connectivity index (χ3v) is 1.46. The second kappa shape index (κ2) is 5.11. The molecule has 0 aliphatic heterocycles. The van der Waals surface area contributed by atoms with E-state index in [1.807, 2.05) is 39.0 Å². The third-order valence-electron chi connectivity index (χ3n) is 1.46. The molecule has 0 amide bonds. The first-order valence-electron chi connectivity index (χ1n) is 4.57. The van der Waals surface area contributed by atoms with Crippen LogP contribution in [0.5, 0.6) is 0 Å². The Bertz CT molecular complexity index is 370. The molecule has 0 radical (unpaired) electrons. The summed E-state index contributed by atoms with van der Waals surface area (Å²) < 4.78 is 4.90. The van der Waals surface area contributed by atoms with Gasteiger partial charge in [-0.25, -0.2) is 0 Å². The predicted octanol–water partition coefficient (Wildman–Crippen LogP) is 2.47. The standard InChI is InChI=1S/C8H7N3O.C2H6/c1-6-5-8(11-12-6)7-3-2-4-9-10-7;1-2/h2-5H,1H3;1-2H3. The molecule has 0 aliphatic rings. The Morgan fingerprint density at radius 1 is 1.21 bits per heavy atom. The molecule has 0 atom stereocenters. The summed E-state index contributed by atoms with van der Waals surface area (Å²) in [6, 6.07) is 5.47. The molecule has 14 heavy (non-hydrogen) atoms. The average Bonchev–Trinajstić information content (AvgIpc) is 2.69. The van der Waals surface area contributed by atoms with Crippen LogP contribution in [0.25, 0.3) is 11.4 Å². The molecule has 4 nitrogen and oxygen atoms in total. The van der Waals surface area contributed by atoms with Gasteiger partial charge in [-0.15, -0.1) is 5.10 Å². The van der Waals surface area contributed by atoms with Gasteiger partial charge in [0.1, 0.15) is 17.1 Å². The minimum Gasteiger partial charge on any atom is -0.361 e. The highest BCUT2D eigenvalue weighted by Crippen LogP contribution is 2.14. The van der Waals surface area contributed by atoms with Crippen LogP contribution in [0, 0.1) is 6.92 Å². The van der Waals surface area contributed by atoms with Crippen molar-refractivity contribution in [2.75, 3.05) is 0 Å². The normalized spacial score (nSPS) is 9.07. The molecule has 0 spiro atoms. The van der Waals surface area contributed by atoms with Gasteiger partial charge >= 0.3 is 0 Å². The molecule has 2 rings (SSSR count). The summed E-state index contributed by atoms with van der Waals surface area (Å²) in [4.78, 5) is 0. The van der Waals surface area contributed by atoms with Gasteiger partial charge in [-0.05, 0) is 19.1 Å². The van der Waals surface area contributed by atoms with Crippen LogP contribution in [0.15, 0.2) is 28.9 Å². The Kier molecular flexibility index (Phi) is 3.79. The van der Waals surface area contributed by atoms with Crippen LogP contribution in [-0.2, 0) is 0 Å². The average molecular weight is 191 g/mol. The molecular formula is C10H13N3O. The van der Waals surface area contributed by atoms with E-state index in [2.05, 4.69) is 15.4 Å². The van der Waals surface area contributed by atoms with E-state index >= 15 is 0 Å². The summed E-state index contributed by atoms with van der Waals surface area (Å²) in [6.45, 7) is 5.84. The van der Waals surface area contributed by atoms with Gasteiger partial charge in [-0.1, -0.05) is 19.0 Å². The summed E-state index contributed by atoms with van der Waals surface area (Å²) in [5.74, 6) is 0.774. The highest BCUT2D eigenvalue weighted by Gasteiger charge is 2.03. The maximum absolute atomic E-state index is 4.90. The van der Waals surface area contributed by atoms with Crippen molar-refractivity contribution in [3.8, 4) is 11.4 Å². The van der Waals surface area contributed by atoms with Crippen LogP contribution in [0.1, 0.15) is 19.6 Å². The third kappa shape index (κ3) is 2.39. The number of aromatic nitrogens is 3. The monoisotopic (exact) mass is 191 g/mol. The van der Waals surface area contributed by atoms with Crippen LogP contribution < -0.4 is 0 Å². The highest BCUT2D eigenvalue weighted by atomic mass is 16.5. The Morgan fingerprint density at radius 3 is 2.50 bits per heavy atom. The maximum Gasteiger partial charge on any atom is 0.134 e. The fraction of sp³-hybridized carbons (Fsp3) is 0.300. The molecule has 74 valence electrons. The van der Waals surface area contributed by atoms with Gasteiger partial charge in [-0.2, -0.15) is 5.10 Å². The lowest BCUT2D eigenvalue weighted by atomic mass is 10.3. The van der Waals surface area contributed by atoms with E-state index < -0.39 is 0 Å². The van der Waals surface area contributed by atoms with Gasteiger partial charge in [0, 0.05) is 12.3 Å². The molecule has 2 aromatic rings. The van der Waals surface area contributed by atoms with Crippen molar-refractivity contribution in [1.29, 1.82) is 0 Å². The highest BCUT2D eigenvalue weighted by molar-refractivity contribution is 5.52. The Labute approximate surface area is 83.0 Å². The molecule has 0 bridgehead atoms. The lowest BCUT2D eigenvalue weighted by Gasteiger charge is -1.88. The second-order valence-corrected chi connectivity index (χ2v) is 2.43. The number of hydrogen-bond donors (Lipinski definition) is 0. The number of hydrogen-bond acceptors (Lipinski definition) is 4. The smallest absolute Gasteiger partial charge is 0.134 e. The van der Waals surface area contributed by atoms with Crippen LogP contribution in [0.2, 0.25) is 0 Å². The van der Waals surface area contributed by atoms with E-state index in [1.54, 1.807) is 6.20 Å². The van der Waals surface area contributed by atoms with Crippen LogP contribution >= 0.6 is 0 Å². The van der Waals surface area contributed by atoms with E-state index in [0.717, 1.165) is 17.1 Å². The Morgan fingerprint density at radius 2 is 2.00 bits per heavy atom. The zero-order valence-electron chi connectivity index (χ0n) is 8.56. The lowest BCUT2D eigenvalue weighted by molar-refractivity contribution is 0.399.